The Hall–Kier alpha value is -2.46. The summed E-state index contributed by atoms with van der Waals surface area (Å²) in [6.07, 6.45) is 0. The zero-order valence-electron chi connectivity index (χ0n) is 15.1. The highest BCUT2D eigenvalue weighted by molar-refractivity contribution is 7.12. The Balaban J connectivity index is 2.24. The Kier molecular flexibility index (Phi) is 4.48. The van der Waals surface area contributed by atoms with Crippen LogP contribution in [-0.4, -0.2) is 11.8 Å². The molecule has 1 aliphatic heterocycles. The number of allylic oxidation sites excluding steroid dienone is 2. The zero-order valence-corrected chi connectivity index (χ0v) is 16.0. The normalized spacial score (nSPS) is 16.7. The quantitative estimate of drug-likeness (QED) is 0.561. The van der Waals surface area contributed by atoms with Crippen molar-refractivity contribution in [3.63, 3.8) is 0 Å². The van der Waals surface area contributed by atoms with Gasteiger partial charge in [0, 0.05) is 9.75 Å². The molecule has 3 rings (SSSR count). The van der Waals surface area contributed by atoms with Crippen molar-refractivity contribution in [2.24, 2.45) is 0 Å². The Morgan fingerprint density at radius 1 is 0.920 bits per heavy atom. The van der Waals surface area contributed by atoms with Gasteiger partial charge in [0.15, 0.2) is 0 Å². The molecule has 1 aromatic heterocycles. The smallest absolute Gasteiger partial charge is 0.266 e. The van der Waals surface area contributed by atoms with Gasteiger partial charge in [0.05, 0.1) is 16.8 Å². The van der Waals surface area contributed by atoms with Crippen molar-refractivity contribution in [3.05, 3.63) is 68.4 Å². The van der Waals surface area contributed by atoms with E-state index in [0.29, 0.717) is 16.8 Å². The van der Waals surface area contributed by atoms with Gasteiger partial charge in [-0.15, -0.1) is 11.3 Å². The van der Waals surface area contributed by atoms with Crippen molar-refractivity contribution >= 4 is 34.4 Å². The number of benzene rings is 1. The molecule has 0 bridgehead atoms. The minimum Gasteiger partial charge on any atom is -0.268 e. The number of hydrogen-bond donors (Lipinski definition) is 0. The van der Waals surface area contributed by atoms with E-state index in [1.807, 2.05) is 39.0 Å². The molecule has 4 heteroatoms. The second-order valence-electron chi connectivity index (χ2n) is 6.48. The van der Waals surface area contributed by atoms with Crippen molar-refractivity contribution in [1.29, 1.82) is 0 Å². The summed E-state index contributed by atoms with van der Waals surface area (Å²) in [5, 5.41) is 0. The molecular weight excluding hydrogens is 330 g/mol. The lowest BCUT2D eigenvalue weighted by Crippen LogP contribution is -2.29. The molecule has 25 heavy (non-hydrogen) atoms. The molecule has 0 unspecified atom stereocenters. The summed E-state index contributed by atoms with van der Waals surface area (Å²) in [5.74, 6) is -0.483. The predicted molar refractivity (Wildman–Crippen MR) is 104 cm³/mol. The van der Waals surface area contributed by atoms with E-state index in [-0.39, 0.29) is 11.8 Å². The van der Waals surface area contributed by atoms with Gasteiger partial charge >= 0.3 is 0 Å². The minimum absolute atomic E-state index is 0.241. The molecule has 1 aromatic carbocycles. The lowest BCUT2D eigenvalue weighted by molar-refractivity contribution is -0.119. The second kappa shape index (κ2) is 6.45. The third-order valence-electron chi connectivity index (χ3n) is 4.42. The van der Waals surface area contributed by atoms with Crippen LogP contribution in [0.2, 0.25) is 0 Å². The Morgan fingerprint density at radius 2 is 1.52 bits per heavy atom. The van der Waals surface area contributed by atoms with Crippen molar-refractivity contribution in [2.45, 2.75) is 34.6 Å². The van der Waals surface area contributed by atoms with Crippen LogP contribution in [-0.2, 0) is 9.59 Å². The minimum atomic E-state index is -0.242. The van der Waals surface area contributed by atoms with Crippen LogP contribution in [0.15, 0.2) is 53.1 Å². The number of thiophene rings is 1. The Labute approximate surface area is 152 Å². The average molecular weight is 351 g/mol. The summed E-state index contributed by atoms with van der Waals surface area (Å²) < 4.78 is 0. The third-order valence-corrected chi connectivity index (χ3v) is 5.38. The van der Waals surface area contributed by atoms with E-state index in [2.05, 4.69) is 19.9 Å². The van der Waals surface area contributed by atoms with Crippen molar-refractivity contribution < 1.29 is 9.59 Å². The molecule has 0 saturated carbocycles. The van der Waals surface area contributed by atoms with Gasteiger partial charge in [0.25, 0.3) is 11.8 Å². The Morgan fingerprint density at radius 3 is 2.04 bits per heavy atom. The number of amides is 2. The monoisotopic (exact) mass is 351 g/mol. The number of rotatable bonds is 2. The topological polar surface area (TPSA) is 37.4 Å². The zero-order chi connectivity index (χ0) is 18.3. The first kappa shape index (κ1) is 17.4. The highest BCUT2D eigenvalue weighted by atomic mass is 32.1. The molecule has 1 saturated heterocycles. The number of para-hydroxylation sites is 1. The first-order valence-electron chi connectivity index (χ1n) is 8.23. The molecular formula is C21H21NO2S. The molecule has 2 heterocycles. The second-order valence-corrected chi connectivity index (χ2v) is 7.94. The van der Waals surface area contributed by atoms with E-state index in [1.165, 1.54) is 9.78 Å². The third kappa shape index (κ3) is 2.87. The fourth-order valence-corrected chi connectivity index (χ4v) is 4.27. The van der Waals surface area contributed by atoms with Crippen LogP contribution in [0.1, 0.15) is 36.1 Å². The van der Waals surface area contributed by atoms with Crippen molar-refractivity contribution in [2.75, 3.05) is 4.90 Å². The van der Waals surface area contributed by atoms with Crippen LogP contribution >= 0.6 is 11.3 Å². The largest absolute Gasteiger partial charge is 0.268 e. The molecule has 0 radical (unpaired) electrons. The van der Waals surface area contributed by atoms with Gasteiger partial charge in [0.2, 0.25) is 0 Å². The maximum absolute atomic E-state index is 13.2. The number of carbonyl (C=O) groups excluding carboxylic acids is 2. The standard InChI is InChI=1S/C21H21NO2S/c1-12(2)18-19(14(4)17-11-13(3)25-15(17)5)21(24)22(20(18)23)16-9-7-6-8-10-16/h6-11H,1-5H3/b19-14-. The van der Waals surface area contributed by atoms with Gasteiger partial charge in [-0.1, -0.05) is 23.8 Å². The number of anilines is 1. The Bertz CT molecular complexity index is 928. The van der Waals surface area contributed by atoms with Crippen molar-refractivity contribution in [3.8, 4) is 0 Å². The predicted octanol–water partition coefficient (Wildman–Crippen LogP) is 5.05. The van der Waals surface area contributed by atoms with Gasteiger partial charge in [-0.05, 0) is 64.0 Å². The van der Waals surface area contributed by atoms with E-state index in [9.17, 15) is 9.59 Å². The van der Waals surface area contributed by atoms with E-state index >= 15 is 0 Å². The fraction of sp³-hybridized carbons (Fsp3) is 0.238. The average Bonchev–Trinajstić information content (AvgIpc) is 3.03. The van der Waals surface area contributed by atoms with Crippen LogP contribution in [0.5, 0.6) is 0 Å². The van der Waals surface area contributed by atoms with Gasteiger partial charge in [-0.3, -0.25) is 9.59 Å². The molecule has 0 spiro atoms. The van der Waals surface area contributed by atoms with E-state index in [1.54, 1.807) is 23.5 Å². The highest BCUT2D eigenvalue weighted by Crippen LogP contribution is 2.38. The first-order valence-corrected chi connectivity index (χ1v) is 9.04. The van der Waals surface area contributed by atoms with Gasteiger partial charge < -0.3 is 0 Å². The van der Waals surface area contributed by atoms with Gasteiger partial charge in [-0.25, -0.2) is 4.90 Å². The van der Waals surface area contributed by atoms with E-state index in [0.717, 1.165) is 21.6 Å². The SMILES string of the molecule is CC(C)=C1C(=O)N(c2ccccc2)C(=O)/C1=C(/C)c1cc(C)sc1C. The number of aryl methyl sites for hydroxylation is 2. The van der Waals surface area contributed by atoms with Crippen LogP contribution in [0, 0.1) is 13.8 Å². The molecule has 2 amide bonds. The summed E-state index contributed by atoms with van der Waals surface area (Å²) in [5.41, 5.74) is 4.43. The molecule has 1 aliphatic rings. The maximum Gasteiger partial charge on any atom is 0.266 e. The van der Waals surface area contributed by atoms with Crippen LogP contribution in [0.4, 0.5) is 5.69 Å². The lowest BCUT2D eigenvalue weighted by atomic mass is 9.95. The number of nitrogens with zero attached hydrogens (tertiary/aromatic N) is 1. The van der Waals surface area contributed by atoms with E-state index < -0.39 is 0 Å². The molecule has 0 N–H and O–H groups in total. The lowest BCUT2D eigenvalue weighted by Gasteiger charge is -2.13. The fourth-order valence-electron chi connectivity index (χ4n) is 3.29. The van der Waals surface area contributed by atoms with Gasteiger partial charge in [-0.2, -0.15) is 0 Å². The first-order chi connectivity index (χ1) is 11.8. The summed E-state index contributed by atoms with van der Waals surface area (Å²) in [7, 11) is 0. The molecule has 2 aromatic rings. The maximum atomic E-state index is 13.2. The molecule has 0 aliphatic carbocycles. The van der Waals surface area contributed by atoms with Crippen molar-refractivity contribution in [1.82, 2.24) is 0 Å². The molecule has 0 atom stereocenters. The number of carbonyl (C=O) groups is 2. The molecule has 1 fully saturated rings. The van der Waals surface area contributed by atoms with Crippen LogP contribution in [0.3, 0.4) is 0 Å². The van der Waals surface area contributed by atoms with Crippen LogP contribution in [0.25, 0.3) is 5.57 Å². The summed E-state index contributed by atoms with van der Waals surface area (Å²) in [4.78, 5) is 29.8. The molecule has 128 valence electrons. The van der Waals surface area contributed by atoms with E-state index in [4.69, 9.17) is 0 Å². The van der Waals surface area contributed by atoms with Gasteiger partial charge in [0.1, 0.15) is 0 Å². The number of hydrogen-bond acceptors (Lipinski definition) is 3. The summed E-state index contributed by atoms with van der Waals surface area (Å²) >= 11 is 1.71. The van der Waals surface area contributed by atoms with Crippen LogP contribution < -0.4 is 4.90 Å². The highest BCUT2D eigenvalue weighted by Gasteiger charge is 2.41. The number of imide groups is 1. The summed E-state index contributed by atoms with van der Waals surface area (Å²) in [6.45, 7) is 9.81. The molecule has 3 nitrogen and oxygen atoms in total. The summed E-state index contributed by atoms with van der Waals surface area (Å²) in [6, 6.07) is 11.2.